The number of ether oxygens (including phenoxy) is 1. The molecule has 0 amide bonds. The van der Waals surface area contributed by atoms with Gasteiger partial charge in [0, 0.05) is 7.11 Å². The first-order valence-corrected chi connectivity index (χ1v) is 13.0. The van der Waals surface area contributed by atoms with E-state index in [9.17, 15) is 0 Å². The molecule has 8 atom stereocenters. The van der Waals surface area contributed by atoms with Gasteiger partial charge in [0.05, 0.1) is 6.10 Å². The Bertz CT molecular complexity index is 605. The highest BCUT2D eigenvalue weighted by Gasteiger charge is 2.59. The predicted molar refractivity (Wildman–Crippen MR) is 124 cm³/mol. The number of hydrogen-bond donors (Lipinski definition) is 0. The first-order valence-electron chi connectivity index (χ1n) is 13.0. The second-order valence-electron chi connectivity index (χ2n) is 12.4. The Morgan fingerprint density at radius 2 is 1.79 bits per heavy atom. The van der Waals surface area contributed by atoms with Crippen molar-refractivity contribution >= 4 is 0 Å². The molecule has 1 nitrogen and oxygen atoms in total. The minimum Gasteiger partial charge on any atom is -0.381 e. The van der Waals surface area contributed by atoms with Crippen molar-refractivity contribution < 1.29 is 4.74 Å². The van der Waals surface area contributed by atoms with E-state index in [0.29, 0.717) is 16.9 Å². The molecular formula is C28H48O. The molecule has 4 rings (SSSR count). The number of rotatable bonds is 6. The summed E-state index contributed by atoms with van der Waals surface area (Å²) < 4.78 is 5.75. The number of methoxy groups -OCH3 is 1. The fourth-order valence-electron chi connectivity index (χ4n) is 8.85. The van der Waals surface area contributed by atoms with Crippen LogP contribution >= 0.6 is 0 Å². The Balaban J connectivity index is 1.48. The first-order chi connectivity index (χ1) is 13.8. The van der Waals surface area contributed by atoms with Gasteiger partial charge < -0.3 is 4.74 Å². The smallest absolute Gasteiger partial charge is 0.0608 e. The summed E-state index contributed by atoms with van der Waals surface area (Å²) >= 11 is 0. The molecule has 0 aromatic carbocycles. The van der Waals surface area contributed by atoms with Gasteiger partial charge in [-0.2, -0.15) is 0 Å². The molecule has 0 N–H and O–H groups in total. The zero-order valence-corrected chi connectivity index (χ0v) is 20.3. The highest BCUT2D eigenvalue weighted by atomic mass is 16.5. The van der Waals surface area contributed by atoms with Crippen LogP contribution in [0.4, 0.5) is 0 Å². The summed E-state index contributed by atoms with van der Waals surface area (Å²) in [7, 11) is 1.91. The Labute approximate surface area is 181 Å². The lowest BCUT2D eigenvalue weighted by Crippen LogP contribution is -2.50. The minimum absolute atomic E-state index is 0.472. The maximum atomic E-state index is 5.75. The summed E-state index contributed by atoms with van der Waals surface area (Å²) in [4.78, 5) is 0. The van der Waals surface area contributed by atoms with Crippen LogP contribution in [0.3, 0.4) is 0 Å². The van der Waals surface area contributed by atoms with Crippen LogP contribution in [0.2, 0.25) is 0 Å². The van der Waals surface area contributed by atoms with Gasteiger partial charge in [-0.15, -0.1) is 0 Å². The highest BCUT2D eigenvalue weighted by molar-refractivity contribution is 5.25. The van der Waals surface area contributed by atoms with Gasteiger partial charge in [0.1, 0.15) is 0 Å². The number of allylic oxidation sites excluding steroid dienone is 1. The quantitative estimate of drug-likeness (QED) is 0.410. The van der Waals surface area contributed by atoms with Crippen molar-refractivity contribution in [2.45, 2.75) is 111 Å². The molecule has 29 heavy (non-hydrogen) atoms. The average molecular weight is 401 g/mol. The van der Waals surface area contributed by atoms with Gasteiger partial charge in [-0.3, -0.25) is 0 Å². The first kappa shape index (κ1) is 21.9. The molecule has 0 aromatic heterocycles. The van der Waals surface area contributed by atoms with E-state index in [1.165, 1.54) is 70.6 Å². The van der Waals surface area contributed by atoms with Crippen LogP contribution in [0.5, 0.6) is 0 Å². The van der Waals surface area contributed by atoms with Crippen LogP contribution in [0.15, 0.2) is 11.6 Å². The molecule has 1 heteroatoms. The normalized spacial score (nSPS) is 45.3. The lowest BCUT2D eigenvalue weighted by atomic mass is 9.47. The van der Waals surface area contributed by atoms with E-state index in [1.807, 2.05) is 7.11 Å². The molecule has 3 fully saturated rings. The molecule has 0 spiro atoms. The Morgan fingerprint density at radius 1 is 1.00 bits per heavy atom. The molecule has 4 aliphatic carbocycles. The standard InChI is InChI=1S/C28H48O/c1-19(2)8-7-9-20(3)24-12-13-25-23-11-10-21-18-22(29-6)14-16-27(21,4)26(23)15-17-28(24,25)5/h10,19-20,22-26H,7-9,11-18H2,1-6H3/t20-,22-,23+,24-,25+,26+,27+,28-/m1/s1. The maximum Gasteiger partial charge on any atom is 0.0608 e. The van der Waals surface area contributed by atoms with Crippen molar-refractivity contribution in [3.8, 4) is 0 Å². The van der Waals surface area contributed by atoms with Crippen molar-refractivity contribution in [1.82, 2.24) is 0 Å². The third-order valence-corrected chi connectivity index (χ3v) is 10.6. The Hall–Kier alpha value is -0.300. The maximum absolute atomic E-state index is 5.75. The molecular weight excluding hydrogens is 352 g/mol. The van der Waals surface area contributed by atoms with Crippen molar-refractivity contribution in [2.75, 3.05) is 7.11 Å². The largest absolute Gasteiger partial charge is 0.381 e. The highest BCUT2D eigenvalue weighted by Crippen LogP contribution is 2.67. The Kier molecular flexibility index (Phi) is 6.29. The predicted octanol–water partition coefficient (Wildman–Crippen LogP) is 8.04. The van der Waals surface area contributed by atoms with Gasteiger partial charge in [-0.05, 0) is 97.7 Å². The molecule has 0 aliphatic heterocycles. The lowest BCUT2D eigenvalue weighted by Gasteiger charge is -2.58. The molecule has 166 valence electrons. The second-order valence-corrected chi connectivity index (χ2v) is 12.4. The van der Waals surface area contributed by atoms with Crippen molar-refractivity contribution in [3.05, 3.63) is 11.6 Å². The molecule has 4 aliphatic rings. The van der Waals surface area contributed by atoms with E-state index < -0.39 is 0 Å². The van der Waals surface area contributed by atoms with Crippen LogP contribution in [-0.4, -0.2) is 13.2 Å². The van der Waals surface area contributed by atoms with Crippen LogP contribution in [-0.2, 0) is 4.74 Å². The van der Waals surface area contributed by atoms with Gasteiger partial charge in [0.25, 0.3) is 0 Å². The van der Waals surface area contributed by atoms with E-state index in [2.05, 4.69) is 40.7 Å². The van der Waals surface area contributed by atoms with E-state index in [0.717, 1.165) is 35.5 Å². The van der Waals surface area contributed by atoms with Gasteiger partial charge in [0.2, 0.25) is 0 Å². The lowest BCUT2D eigenvalue weighted by molar-refractivity contribution is -0.0601. The minimum atomic E-state index is 0.472. The summed E-state index contributed by atoms with van der Waals surface area (Å²) in [5, 5.41) is 0. The topological polar surface area (TPSA) is 9.23 Å². The van der Waals surface area contributed by atoms with Gasteiger partial charge in [-0.1, -0.05) is 65.5 Å². The van der Waals surface area contributed by atoms with E-state index in [-0.39, 0.29) is 0 Å². The average Bonchev–Trinajstić information content (AvgIpc) is 3.04. The zero-order chi connectivity index (χ0) is 20.8. The third kappa shape index (κ3) is 3.77. The molecule has 0 radical (unpaired) electrons. The molecule has 0 bridgehead atoms. The third-order valence-electron chi connectivity index (χ3n) is 10.6. The van der Waals surface area contributed by atoms with E-state index in [4.69, 9.17) is 4.74 Å². The summed E-state index contributed by atoms with van der Waals surface area (Å²) in [5.74, 6) is 5.63. The van der Waals surface area contributed by atoms with Crippen LogP contribution < -0.4 is 0 Å². The molecule has 3 saturated carbocycles. The van der Waals surface area contributed by atoms with Crippen molar-refractivity contribution in [2.24, 2.45) is 46.3 Å². The SMILES string of the molecule is CO[C@@H]1CC[C@@]2(C)C(=CC[C@H]3[C@@H]4CC[C@H]([C@H](C)CCCC(C)C)[C@@]4(C)CC[C@@H]32)C1. The fraction of sp³-hybridized carbons (Fsp3) is 0.929. The van der Waals surface area contributed by atoms with Gasteiger partial charge >= 0.3 is 0 Å². The van der Waals surface area contributed by atoms with Crippen LogP contribution in [0.25, 0.3) is 0 Å². The monoisotopic (exact) mass is 400 g/mol. The van der Waals surface area contributed by atoms with Crippen molar-refractivity contribution in [3.63, 3.8) is 0 Å². The number of fused-ring (bicyclic) bond motifs is 5. The van der Waals surface area contributed by atoms with Crippen LogP contribution in [0, 0.1) is 46.3 Å². The molecule has 0 aromatic rings. The summed E-state index contributed by atoms with van der Waals surface area (Å²) in [5.41, 5.74) is 2.85. The Morgan fingerprint density at radius 3 is 2.52 bits per heavy atom. The van der Waals surface area contributed by atoms with Crippen molar-refractivity contribution in [1.29, 1.82) is 0 Å². The van der Waals surface area contributed by atoms with Crippen LogP contribution in [0.1, 0.15) is 105 Å². The van der Waals surface area contributed by atoms with Gasteiger partial charge in [0.15, 0.2) is 0 Å². The summed E-state index contributed by atoms with van der Waals surface area (Å²) in [6.45, 7) is 12.7. The fourth-order valence-corrected chi connectivity index (χ4v) is 8.85. The molecule has 0 heterocycles. The van der Waals surface area contributed by atoms with E-state index >= 15 is 0 Å². The van der Waals surface area contributed by atoms with Gasteiger partial charge in [-0.25, -0.2) is 0 Å². The molecule has 0 unspecified atom stereocenters. The van der Waals surface area contributed by atoms with E-state index in [1.54, 1.807) is 5.57 Å². The number of hydrogen-bond acceptors (Lipinski definition) is 1. The second kappa shape index (κ2) is 8.33. The zero-order valence-electron chi connectivity index (χ0n) is 20.3. The summed E-state index contributed by atoms with van der Waals surface area (Å²) in [6, 6.07) is 0. The molecule has 0 saturated heterocycles. The summed E-state index contributed by atoms with van der Waals surface area (Å²) in [6.07, 6.45) is 18.7.